The van der Waals surface area contributed by atoms with Crippen molar-refractivity contribution in [1.29, 1.82) is 0 Å². The van der Waals surface area contributed by atoms with Crippen molar-refractivity contribution in [2.24, 2.45) is 0 Å². The SMILES string of the molecule is CNC(COC)Cn1nc(OC)ccc1=O. The molecule has 0 saturated carbocycles. The first-order valence-electron chi connectivity index (χ1n) is 4.99. The number of hydrogen-bond donors (Lipinski definition) is 1. The minimum atomic E-state index is -0.155. The van der Waals surface area contributed by atoms with Crippen LogP contribution in [0.4, 0.5) is 0 Å². The van der Waals surface area contributed by atoms with Crippen molar-refractivity contribution < 1.29 is 9.47 Å². The summed E-state index contributed by atoms with van der Waals surface area (Å²) >= 11 is 0. The van der Waals surface area contributed by atoms with Crippen molar-refractivity contribution in [2.45, 2.75) is 12.6 Å². The Hall–Kier alpha value is -1.40. The Balaban J connectivity index is 2.81. The summed E-state index contributed by atoms with van der Waals surface area (Å²) in [6, 6.07) is 3.02. The first-order valence-corrected chi connectivity index (χ1v) is 4.99. The van der Waals surface area contributed by atoms with Crippen LogP contribution in [-0.4, -0.2) is 43.7 Å². The van der Waals surface area contributed by atoms with Crippen LogP contribution in [0.1, 0.15) is 0 Å². The largest absolute Gasteiger partial charge is 0.480 e. The van der Waals surface area contributed by atoms with Gasteiger partial charge in [0, 0.05) is 25.3 Å². The van der Waals surface area contributed by atoms with Crippen LogP contribution in [0.5, 0.6) is 5.88 Å². The van der Waals surface area contributed by atoms with Crippen LogP contribution in [0.15, 0.2) is 16.9 Å². The van der Waals surface area contributed by atoms with E-state index in [0.717, 1.165) is 0 Å². The second kappa shape index (κ2) is 6.24. The Morgan fingerprint density at radius 1 is 1.50 bits per heavy atom. The third-order valence-corrected chi connectivity index (χ3v) is 2.22. The molecule has 0 aliphatic carbocycles. The highest BCUT2D eigenvalue weighted by Gasteiger charge is 2.09. The summed E-state index contributed by atoms with van der Waals surface area (Å²) in [7, 11) is 4.95. The highest BCUT2D eigenvalue weighted by molar-refractivity contribution is 5.06. The van der Waals surface area contributed by atoms with Crippen molar-refractivity contribution in [3.63, 3.8) is 0 Å². The summed E-state index contributed by atoms with van der Waals surface area (Å²) in [6.07, 6.45) is 0. The second-order valence-electron chi connectivity index (χ2n) is 3.34. The van der Waals surface area contributed by atoms with Crippen molar-refractivity contribution in [2.75, 3.05) is 27.9 Å². The normalized spacial score (nSPS) is 12.4. The summed E-state index contributed by atoms with van der Waals surface area (Å²) in [5.41, 5.74) is -0.155. The molecule has 0 spiro atoms. The number of hydrogen-bond acceptors (Lipinski definition) is 5. The van der Waals surface area contributed by atoms with Gasteiger partial charge in [-0.1, -0.05) is 0 Å². The summed E-state index contributed by atoms with van der Waals surface area (Å²) in [5.74, 6) is 0.423. The molecular weight excluding hydrogens is 210 g/mol. The van der Waals surface area contributed by atoms with Crippen molar-refractivity contribution in [1.82, 2.24) is 15.1 Å². The maximum absolute atomic E-state index is 11.5. The van der Waals surface area contributed by atoms with Crippen LogP contribution < -0.4 is 15.6 Å². The monoisotopic (exact) mass is 227 g/mol. The Labute approximate surface area is 94.2 Å². The third kappa shape index (κ3) is 3.32. The lowest BCUT2D eigenvalue weighted by Crippen LogP contribution is -2.38. The molecule has 0 aliphatic rings. The number of rotatable bonds is 6. The molecule has 0 fully saturated rings. The minimum Gasteiger partial charge on any atom is -0.480 e. The quantitative estimate of drug-likeness (QED) is 0.709. The Morgan fingerprint density at radius 3 is 2.81 bits per heavy atom. The zero-order valence-corrected chi connectivity index (χ0v) is 9.77. The van der Waals surface area contributed by atoms with E-state index in [0.29, 0.717) is 19.0 Å². The number of nitrogens with zero attached hydrogens (tertiary/aromatic N) is 2. The lowest BCUT2D eigenvalue weighted by Gasteiger charge is -2.15. The topological polar surface area (TPSA) is 65.4 Å². The summed E-state index contributed by atoms with van der Waals surface area (Å²) < 4.78 is 11.3. The van der Waals surface area contributed by atoms with Gasteiger partial charge in [0.15, 0.2) is 0 Å². The van der Waals surface area contributed by atoms with Crippen LogP contribution in [0.3, 0.4) is 0 Å². The molecule has 0 amide bonds. The van der Waals surface area contributed by atoms with Crippen molar-refractivity contribution >= 4 is 0 Å². The van der Waals surface area contributed by atoms with Crippen LogP contribution >= 0.6 is 0 Å². The van der Waals surface area contributed by atoms with Gasteiger partial charge in [0.25, 0.3) is 5.56 Å². The van der Waals surface area contributed by atoms with Gasteiger partial charge < -0.3 is 14.8 Å². The predicted octanol–water partition coefficient (Wildman–Crippen LogP) is -0.514. The summed E-state index contributed by atoms with van der Waals surface area (Å²) in [5, 5.41) is 7.10. The molecule has 1 rings (SSSR count). The Bertz CT molecular complexity index is 378. The van der Waals surface area contributed by atoms with Gasteiger partial charge in [0.05, 0.1) is 20.3 Å². The van der Waals surface area contributed by atoms with Crippen LogP contribution in [0, 0.1) is 0 Å². The molecule has 90 valence electrons. The first kappa shape index (κ1) is 12.7. The molecule has 16 heavy (non-hydrogen) atoms. The lowest BCUT2D eigenvalue weighted by molar-refractivity contribution is 0.159. The fourth-order valence-electron chi connectivity index (χ4n) is 1.31. The number of ether oxygens (including phenoxy) is 2. The standard InChI is InChI=1S/C10H17N3O3/c1-11-8(7-15-2)6-13-10(14)5-4-9(12-13)16-3/h4-5,8,11H,6-7H2,1-3H3. The number of aromatic nitrogens is 2. The molecule has 1 aromatic heterocycles. The molecule has 6 heteroatoms. The molecule has 1 unspecified atom stereocenters. The van der Waals surface area contributed by atoms with Gasteiger partial charge in [-0.05, 0) is 7.05 Å². The molecule has 0 aromatic carbocycles. The highest BCUT2D eigenvalue weighted by atomic mass is 16.5. The average Bonchev–Trinajstić information content (AvgIpc) is 2.31. The molecule has 0 saturated heterocycles. The molecule has 6 nitrogen and oxygen atoms in total. The fraction of sp³-hybridized carbons (Fsp3) is 0.600. The zero-order chi connectivity index (χ0) is 12.0. The van der Waals surface area contributed by atoms with Crippen LogP contribution in [0.25, 0.3) is 0 Å². The van der Waals surface area contributed by atoms with E-state index in [9.17, 15) is 4.79 Å². The van der Waals surface area contributed by atoms with E-state index in [4.69, 9.17) is 9.47 Å². The maximum atomic E-state index is 11.5. The van der Waals surface area contributed by atoms with Gasteiger partial charge in [0.1, 0.15) is 0 Å². The average molecular weight is 227 g/mol. The third-order valence-electron chi connectivity index (χ3n) is 2.22. The van der Waals surface area contributed by atoms with Crippen LogP contribution in [0.2, 0.25) is 0 Å². The van der Waals surface area contributed by atoms with Gasteiger partial charge in [-0.3, -0.25) is 4.79 Å². The highest BCUT2D eigenvalue weighted by Crippen LogP contribution is 1.99. The molecule has 1 N–H and O–H groups in total. The second-order valence-corrected chi connectivity index (χ2v) is 3.34. The number of methoxy groups -OCH3 is 2. The lowest BCUT2D eigenvalue weighted by atomic mass is 10.3. The summed E-state index contributed by atoms with van der Waals surface area (Å²) in [4.78, 5) is 11.5. The smallest absolute Gasteiger partial charge is 0.267 e. The van der Waals surface area contributed by atoms with E-state index in [1.165, 1.54) is 17.9 Å². The van der Waals surface area contributed by atoms with Crippen molar-refractivity contribution in [3.05, 3.63) is 22.5 Å². The van der Waals surface area contributed by atoms with Gasteiger partial charge in [0.2, 0.25) is 5.88 Å². The van der Waals surface area contributed by atoms with E-state index in [-0.39, 0.29) is 11.6 Å². The van der Waals surface area contributed by atoms with E-state index in [1.54, 1.807) is 13.2 Å². The fourth-order valence-corrected chi connectivity index (χ4v) is 1.31. The van der Waals surface area contributed by atoms with Gasteiger partial charge in [-0.15, -0.1) is 5.10 Å². The van der Waals surface area contributed by atoms with Gasteiger partial charge in [-0.2, -0.15) is 0 Å². The predicted molar refractivity (Wildman–Crippen MR) is 59.8 cm³/mol. The molecule has 0 aliphatic heterocycles. The molecule has 1 aromatic rings. The van der Waals surface area contributed by atoms with Crippen molar-refractivity contribution in [3.8, 4) is 5.88 Å². The van der Waals surface area contributed by atoms with E-state index < -0.39 is 0 Å². The molecule has 1 heterocycles. The van der Waals surface area contributed by atoms with Crippen LogP contribution in [-0.2, 0) is 11.3 Å². The molecular formula is C10H17N3O3. The Kier molecular flexibility index (Phi) is 4.94. The van der Waals surface area contributed by atoms with E-state index in [2.05, 4.69) is 10.4 Å². The maximum Gasteiger partial charge on any atom is 0.267 e. The van der Waals surface area contributed by atoms with E-state index in [1.807, 2.05) is 7.05 Å². The molecule has 0 bridgehead atoms. The summed E-state index contributed by atoms with van der Waals surface area (Å²) in [6.45, 7) is 0.961. The minimum absolute atomic E-state index is 0.0438. The zero-order valence-electron chi connectivity index (χ0n) is 9.77. The van der Waals surface area contributed by atoms with E-state index >= 15 is 0 Å². The number of nitrogens with one attached hydrogen (secondary N) is 1. The molecule has 0 radical (unpaired) electrons. The van der Waals surface area contributed by atoms with Gasteiger partial charge >= 0.3 is 0 Å². The van der Waals surface area contributed by atoms with Gasteiger partial charge in [-0.25, -0.2) is 4.68 Å². The Morgan fingerprint density at radius 2 is 2.25 bits per heavy atom. The first-order chi connectivity index (χ1) is 7.71. The molecule has 1 atom stereocenters. The number of likely N-dealkylation sites (N-methyl/N-ethyl adjacent to an activating group) is 1.